The molecule has 1 aliphatic rings. The summed E-state index contributed by atoms with van der Waals surface area (Å²) >= 11 is 0. The summed E-state index contributed by atoms with van der Waals surface area (Å²) in [6, 6.07) is 6.39. The van der Waals surface area contributed by atoms with E-state index in [-0.39, 0.29) is 11.5 Å². The van der Waals surface area contributed by atoms with E-state index in [2.05, 4.69) is 71.6 Å². The Labute approximate surface area is 204 Å². The standard InChI is InChI=1S/C28H41N5O/c1-8-12-14-22-24(15-13-9-2)30-27-26(25(19(5)6)31-33(27)28(22)34)29-23-17-16-21(18-20(23)7)32(10-3)11-4/h16-19H,8-15H2,1-7H3. The molecule has 6 nitrogen and oxygen atoms in total. The molecule has 0 aliphatic carbocycles. The number of aromatic nitrogens is 2. The van der Waals surface area contributed by atoms with E-state index >= 15 is 0 Å². The number of aryl methyl sites for hydroxylation is 2. The van der Waals surface area contributed by atoms with Crippen LogP contribution in [0.25, 0.3) is 0 Å². The molecule has 1 aliphatic heterocycles. The number of unbranched alkanes of at least 4 members (excludes halogenated alkanes) is 2. The van der Waals surface area contributed by atoms with Crippen molar-refractivity contribution < 1.29 is 0 Å². The number of hydrogen-bond acceptors (Lipinski definition) is 5. The lowest BCUT2D eigenvalue weighted by molar-refractivity contribution is 0.690. The number of hydrogen-bond donors (Lipinski definition) is 0. The molecule has 2 aromatic rings. The first-order valence-electron chi connectivity index (χ1n) is 13.0. The van der Waals surface area contributed by atoms with E-state index in [4.69, 9.17) is 15.1 Å². The van der Waals surface area contributed by atoms with E-state index in [0.29, 0.717) is 5.82 Å². The molecule has 0 atom stereocenters. The van der Waals surface area contributed by atoms with Crippen molar-refractivity contribution in [3.63, 3.8) is 0 Å². The molecular weight excluding hydrogens is 422 g/mol. The number of rotatable bonds is 11. The highest BCUT2D eigenvalue weighted by atomic mass is 16.1. The average Bonchev–Trinajstić information content (AvgIpc) is 3.18. The molecule has 0 unspecified atom stereocenters. The van der Waals surface area contributed by atoms with Gasteiger partial charge in [-0.05, 0) is 76.1 Å². The summed E-state index contributed by atoms with van der Waals surface area (Å²) in [6.45, 7) is 16.9. The molecule has 2 heterocycles. The van der Waals surface area contributed by atoms with Crippen molar-refractivity contribution in [1.82, 2.24) is 9.66 Å². The topological polar surface area (TPSA) is 62.9 Å². The number of benzene rings is 1. The van der Waals surface area contributed by atoms with Gasteiger partial charge < -0.3 is 4.90 Å². The van der Waals surface area contributed by atoms with Crippen molar-refractivity contribution in [3.8, 4) is 0 Å². The van der Waals surface area contributed by atoms with Gasteiger partial charge >= 0.3 is 0 Å². The van der Waals surface area contributed by atoms with Crippen molar-refractivity contribution >= 4 is 22.8 Å². The Bertz CT molecular complexity index is 1120. The highest BCUT2D eigenvalue weighted by molar-refractivity contribution is 6.49. The fourth-order valence-corrected chi connectivity index (χ4v) is 4.43. The zero-order chi connectivity index (χ0) is 24.8. The molecule has 0 radical (unpaired) electrons. The minimum Gasteiger partial charge on any atom is -0.372 e. The fraction of sp³-hybridized carbons (Fsp3) is 0.571. The van der Waals surface area contributed by atoms with Crippen LogP contribution in [0, 0.1) is 12.8 Å². The Morgan fingerprint density at radius 3 is 2.29 bits per heavy atom. The quantitative estimate of drug-likeness (QED) is 0.406. The molecule has 34 heavy (non-hydrogen) atoms. The third-order valence-electron chi connectivity index (χ3n) is 6.54. The summed E-state index contributed by atoms with van der Waals surface area (Å²) in [6.07, 6.45) is 5.69. The minimum atomic E-state index is -0.0264. The zero-order valence-corrected chi connectivity index (χ0v) is 22.1. The molecule has 1 aromatic carbocycles. The summed E-state index contributed by atoms with van der Waals surface area (Å²) in [5, 5.41) is 4.74. The zero-order valence-electron chi connectivity index (χ0n) is 22.1. The maximum absolute atomic E-state index is 13.5. The van der Waals surface area contributed by atoms with Crippen LogP contribution in [-0.4, -0.2) is 34.2 Å². The van der Waals surface area contributed by atoms with Crippen molar-refractivity contribution in [2.75, 3.05) is 18.0 Å². The van der Waals surface area contributed by atoms with E-state index in [0.717, 1.165) is 85.5 Å². The molecule has 0 bridgehead atoms. The van der Waals surface area contributed by atoms with Gasteiger partial charge in [0.15, 0.2) is 5.82 Å². The maximum atomic E-state index is 13.5. The van der Waals surface area contributed by atoms with Crippen LogP contribution >= 0.6 is 0 Å². The fourth-order valence-electron chi connectivity index (χ4n) is 4.43. The molecule has 0 fully saturated rings. The Hall–Kier alpha value is -2.76. The largest absolute Gasteiger partial charge is 0.372 e. The summed E-state index contributed by atoms with van der Waals surface area (Å²) in [5.41, 5.74) is 6.48. The van der Waals surface area contributed by atoms with Gasteiger partial charge in [0.1, 0.15) is 5.71 Å². The molecule has 0 amide bonds. The Morgan fingerprint density at radius 1 is 1.03 bits per heavy atom. The number of aliphatic imine (C=N–C) groups is 1. The van der Waals surface area contributed by atoms with Crippen LogP contribution in [0.2, 0.25) is 0 Å². The van der Waals surface area contributed by atoms with Crippen molar-refractivity contribution in [1.29, 1.82) is 0 Å². The summed E-state index contributed by atoms with van der Waals surface area (Å²) in [5.74, 6) is 0.723. The third kappa shape index (κ3) is 5.31. The predicted molar refractivity (Wildman–Crippen MR) is 144 cm³/mol. The first kappa shape index (κ1) is 25.9. The summed E-state index contributed by atoms with van der Waals surface area (Å²) < 4.78 is 1.51. The smallest absolute Gasteiger partial charge is 0.277 e. The molecule has 0 saturated heterocycles. The van der Waals surface area contributed by atoms with E-state index in [9.17, 15) is 4.79 Å². The van der Waals surface area contributed by atoms with Gasteiger partial charge in [-0.2, -0.15) is 9.78 Å². The first-order chi connectivity index (χ1) is 16.4. The second-order valence-electron chi connectivity index (χ2n) is 9.43. The second-order valence-corrected chi connectivity index (χ2v) is 9.43. The normalized spacial score (nSPS) is 14.1. The van der Waals surface area contributed by atoms with Crippen molar-refractivity contribution in [3.05, 3.63) is 51.2 Å². The molecule has 6 heteroatoms. The number of anilines is 1. The highest BCUT2D eigenvalue weighted by Gasteiger charge is 2.30. The average molecular weight is 464 g/mol. The Kier molecular flexibility index (Phi) is 8.81. The first-order valence-corrected chi connectivity index (χ1v) is 13.0. The van der Waals surface area contributed by atoms with Crippen LogP contribution in [0.1, 0.15) is 89.9 Å². The van der Waals surface area contributed by atoms with Crippen LogP contribution in [0.3, 0.4) is 0 Å². The minimum absolute atomic E-state index is 0.0264. The lowest BCUT2D eigenvalue weighted by Gasteiger charge is -2.21. The molecule has 0 spiro atoms. The Balaban J connectivity index is 2.15. The van der Waals surface area contributed by atoms with E-state index in [1.807, 2.05) is 0 Å². The Morgan fingerprint density at radius 2 is 1.71 bits per heavy atom. The van der Waals surface area contributed by atoms with Gasteiger partial charge in [-0.3, -0.25) is 4.79 Å². The number of nitrogens with zero attached hydrogens (tertiary/aromatic N) is 5. The molecule has 184 valence electrons. The lowest BCUT2D eigenvalue weighted by atomic mass is 10.0. The van der Waals surface area contributed by atoms with E-state index in [1.165, 1.54) is 10.4 Å². The van der Waals surface area contributed by atoms with Crippen LogP contribution < -0.4 is 10.5 Å². The third-order valence-corrected chi connectivity index (χ3v) is 6.54. The van der Waals surface area contributed by atoms with Crippen LogP contribution in [0.15, 0.2) is 33.1 Å². The van der Waals surface area contributed by atoms with Gasteiger partial charge in [-0.1, -0.05) is 40.5 Å². The van der Waals surface area contributed by atoms with Gasteiger partial charge in [0.25, 0.3) is 5.56 Å². The summed E-state index contributed by atoms with van der Waals surface area (Å²) in [7, 11) is 0. The van der Waals surface area contributed by atoms with Crippen LogP contribution in [0.5, 0.6) is 0 Å². The van der Waals surface area contributed by atoms with Gasteiger partial charge in [0.2, 0.25) is 0 Å². The van der Waals surface area contributed by atoms with Gasteiger partial charge in [0.05, 0.1) is 17.1 Å². The predicted octanol–water partition coefficient (Wildman–Crippen LogP) is 6.08. The molecule has 0 N–H and O–H groups in total. The van der Waals surface area contributed by atoms with Crippen molar-refractivity contribution in [2.45, 2.75) is 87.0 Å². The molecular formula is C28H41N5O. The van der Waals surface area contributed by atoms with E-state index < -0.39 is 0 Å². The van der Waals surface area contributed by atoms with E-state index in [1.54, 1.807) is 0 Å². The van der Waals surface area contributed by atoms with Gasteiger partial charge in [-0.25, -0.2) is 9.98 Å². The van der Waals surface area contributed by atoms with Gasteiger partial charge in [0, 0.05) is 24.3 Å². The highest BCUT2D eigenvalue weighted by Crippen LogP contribution is 2.27. The molecule has 0 saturated carbocycles. The SMILES string of the molecule is CCCCc1nc2n(c(=O)c1CCCC)N=C(C(C)C)C2=Nc1ccc(N(CC)CC)cc1C. The van der Waals surface area contributed by atoms with Crippen LogP contribution in [-0.2, 0) is 12.8 Å². The summed E-state index contributed by atoms with van der Waals surface area (Å²) in [4.78, 5) is 25.9. The van der Waals surface area contributed by atoms with Crippen molar-refractivity contribution in [2.24, 2.45) is 16.0 Å². The lowest BCUT2D eigenvalue weighted by Crippen LogP contribution is -2.27. The maximum Gasteiger partial charge on any atom is 0.277 e. The molecule has 3 rings (SSSR count). The van der Waals surface area contributed by atoms with Gasteiger partial charge in [-0.15, -0.1) is 0 Å². The monoisotopic (exact) mass is 463 g/mol. The molecule has 1 aromatic heterocycles. The second kappa shape index (κ2) is 11.6. The van der Waals surface area contributed by atoms with Crippen LogP contribution in [0.4, 0.5) is 11.4 Å². The number of fused-ring (bicyclic) bond motifs is 1.